The van der Waals surface area contributed by atoms with Gasteiger partial charge in [0, 0.05) is 32.0 Å². The molecule has 0 bridgehead atoms. The van der Waals surface area contributed by atoms with Gasteiger partial charge in [-0.1, -0.05) is 6.07 Å². The van der Waals surface area contributed by atoms with Crippen LogP contribution in [0, 0.1) is 6.92 Å². The third kappa shape index (κ3) is 2.79. The fourth-order valence-electron chi connectivity index (χ4n) is 1.87. The maximum absolute atomic E-state index is 4.38. The van der Waals surface area contributed by atoms with Gasteiger partial charge in [-0.15, -0.1) is 0 Å². The van der Waals surface area contributed by atoms with Crippen LogP contribution in [0.1, 0.15) is 29.9 Å². The average molecular weight is 309 g/mol. The molecule has 18 heavy (non-hydrogen) atoms. The Labute approximate surface area is 116 Å². The summed E-state index contributed by atoms with van der Waals surface area (Å²) < 4.78 is 2.98. The van der Waals surface area contributed by atoms with Gasteiger partial charge in [0.25, 0.3) is 0 Å². The first-order chi connectivity index (χ1) is 8.59. The first kappa shape index (κ1) is 13.2. The molecule has 0 saturated heterocycles. The monoisotopic (exact) mass is 308 g/mol. The molecule has 5 heteroatoms. The molecule has 0 amide bonds. The number of halogens is 1. The smallest absolute Gasteiger partial charge is 0.0739 e. The van der Waals surface area contributed by atoms with E-state index in [1.165, 1.54) is 5.56 Å². The van der Waals surface area contributed by atoms with Gasteiger partial charge >= 0.3 is 0 Å². The first-order valence-corrected chi connectivity index (χ1v) is 6.70. The van der Waals surface area contributed by atoms with E-state index in [0.29, 0.717) is 0 Å². The minimum Gasteiger partial charge on any atom is -0.304 e. The van der Waals surface area contributed by atoms with Crippen molar-refractivity contribution in [2.45, 2.75) is 26.4 Å². The SMILES string of the molecule is Cc1nn(C)c(CN[C@H](C)c2cccnc2)c1Br. The highest BCUT2D eigenvalue weighted by atomic mass is 79.9. The normalized spacial score (nSPS) is 12.7. The predicted octanol–water partition coefficient (Wildman–Crippen LogP) is 2.74. The van der Waals surface area contributed by atoms with Crippen LogP contribution in [0.5, 0.6) is 0 Å². The molecular formula is C13H17BrN4. The molecule has 2 rings (SSSR count). The van der Waals surface area contributed by atoms with Crippen LogP contribution >= 0.6 is 15.9 Å². The summed E-state index contributed by atoms with van der Waals surface area (Å²) in [6.07, 6.45) is 3.68. The molecule has 0 aliphatic carbocycles. The fourth-order valence-corrected chi connectivity index (χ4v) is 2.35. The van der Waals surface area contributed by atoms with E-state index < -0.39 is 0 Å². The van der Waals surface area contributed by atoms with Crippen molar-refractivity contribution < 1.29 is 0 Å². The number of rotatable bonds is 4. The Morgan fingerprint density at radius 1 is 1.50 bits per heavy atom. The maximum Gasteiger partial charge on any atom is 0.0739 e. The Morgan fingerprint density at radius 2 is 2.28 bits per heavy atom. The zero-order chi connectivity index (χ0) is 13.1. The van der Waals surface area contributed by atoms with E-state index in [4.69, 9.17) is 0 Å². The van der Waals surface area contributed by atoms with Crippen LogP contribution in [0.15, 0.2) is 29.0 Å². The summed E-state index contributed by atoms with van der Waals surface area (Å²) >= 11 is 3.57. The summed E-state index contributed by atoms with van der Waals surface area (Å²) in [5, 5.41) is 7.86. The van der Waals surface area contributed by atoms with Crippen molar-refractivity contribution in [1.82, 2.24) is 20.1 Å². The molecule has 96 valence electrons. The quantitative estimate of drug-likeness (QED) is 0.944. The number of hydrogen-bond donors (Lipinski definition) is 1. The van der Waals surface area contributed by atoms with Crippen LogP contribution in [0.3, 0.4) is 0 Å². The molecule has 0 saturated carbocycles. The number of pyridine rings is 1. The number of aryl methyl sites for hydroxylation is 2. The van der Waals surface area contributed by atoms with Crippen molar-refractivity contribution in [2.75, 3.05) is 0 Å². The zero-order valence-electron chi connectivity index (χ0n) is 10.8. The molecule has 4 nitrogen and oxygen atoms in total. The van der Waals surface area contributed by atoms with Crippen LogP contribution < -0.4 is 5.32 Å². The molecule has 0 aromatic carbocycles. The minimum absolute atomic E-state index is 0.265. The maximum atomic E-state index is 4.38. The standard InChI is InChI=1S/C13H17BrN4/c1-9(11-5-4-6-15-7-11)16-8-12-13(14)10(2)17-18(12)3/h4-7,9,16H,8H2,1-3H3/t9-/m1/s1. The molecule has 0 aliphatic rings. The van der Waals surface area contributed by atoms with Gasteiger partial charge < -0.3 is 5.32 Å². The van der Waals surface area contributed by atoms with Gasteiger partial charge in [0.2, 0.25) is 0 Å². The molecule has 1 N–H and O–H groups in total. The molecule has 2 heterocycles. The van der Waals surface area contributed by atoms with Gasteiger partial charge in [0.05, 0.1) is 15.9 Å². The van der Waals surface area contributed by atoms with Gasteiger partial charge in [-0.2, -0.15) is 5.10 Å². The van der Waals surface area contributed by atoms with E-state index in [-0.39, 0.29) is 6.04 Å². The topological polar surface area (TPSA) is 42.7 Å². The Bertz CT molecular complexity index is 521. The third-order valence-corrected chi connectivity index (χ3v) is 4.05. The summed E-state index contributed by atoms with van der Waals surface area (Å²) in [4.78, 5) is 4.13. The average Bonchev–Trinajstić information content (AvgIpc) is 2.62. The van der Waals surface area contributed by atoms with E-state index in [2.05, 4.69) is 44.3 Å². The minimum atomic E-state index is 0.265. The lowest BCUT2D eigenvalue weighted by atomic mass is 10.1. The number of nitrogens with one attached hydrogen (secondary N) is 1. The van der Waals surface area contributed by atoms with Crippen LogP contribution in [0.2, 0.25) is 0 Å². The first-order valence-electron chi connectivity index (χ1n) is 5.91. The Hall–Kier alpha value is -1.20. The molecule has 2 aromatic rings. The van der Waals surface area contributed by atoms with Crippen molar-refractivity contribution in [1.29, 1.82) is 0 Å². The van der Waals surface area contributed by atoms with E-state index >= 15 is 0 Å². The highest BCUT2D eigenvalue weighted by Crippen LogP contribution is 2.21. The second-order valence-electron chi connectivity index (χ2n) is 4.36. The number of hydrogen-bond acceptors (Lipinski definition) is 3. The second kappa shape index (κ2) is 5.63. The van der Waals surface area contributed by atoms with Crippen molar-refractivity contribution in [3.05, 3.63) is 46.0 Å². The van der Waals surface area contributed by atoms with Crippen molar-refractivity contribution in [3.63, 3.8) is 0 Å². The summed E-state index contributed by atoms with van der Waals surface area (Å²) in [6.45, 7) is 4.90. The van der Waals surface area contributed by atoms with Crippen molar-refractivity contribution in [3.8, 4) is 0 Å². The molecule has 1 atom stereocenters. The Balaban J connectivity index is 2.04. The van der Waals surface area contributed by atoms with Gasteiger partial charge in [0.15, 0.2) is 0 Å². The lowest BCUT2D eigenvalue weighted by molar-refractivity contribution is 0.545. The molecular weight excluding hydrogens is 292 g/mol. The van der Waals surface area contributed by atoms with Crippen LogP contribution in [-0.2, 0) is 13.6 Å². The number of nitrogens with zero attached hydrogens (tertiary/aromatic N) is 3. The molecule has 2 aromatic heterocycles. The molecule has 0 radical (unpaired) electrons. The Morgan fingerprint density at radius 3 is 2.83 bits per heavy atom. The Kier molecular flexibility index (Phi) is 4.14. The van der Waals surface area contributed by atoms with E-state index in [1.807, 2.05) is 30.9 Å². The largest absolute Gasteiger partial charge is 0.304 e. The summed E-state index contributed by atoms with van der Waals surface area (Å²) in [5.74, 6) is 0. The molecule has 0 spiro atoms. The second-order valence-corrected chi connectivity index (χ2v) is 5.15. The highest BCUT2D eigenvalue weighted by Gasteiger charge is 2.12. The van der Waals surface area contributed by atoms with Gasteiger partial charge in [0.1, 0.15) is 0 Å². The predicted molar refractivity (Wildman–Crippen MR) is 75.1 cm³/mol. The lowest BCUT2D eigenvalue weighted by Gasteiger charge is -2.14. The van der Waals surface area contributed by atoms with Gasteiger partial charge in [-0.25, -0.2) is 0 Å². The highest BCUT2D eigenvalue weighted by molar-refractivity contribution is 9.10. The van der Waals surface area contributed by atoms with Crippen LogP contribution in [-0.4, -0.2) is 14.8 Å². The summed E-state index contributed by atoms with van der Waals surface area (Å²) in [5.41, 5.74) is 3.36. The van der Waals surface area contributed by atoms with E-state index in [9.17, 15) is 0 Å². The summed E-state index contributed by atoms with van der Waals surface area (Å²) in [7, 11) is 1.96. The third-order valence-electron chi connectivity index (χ3n) is 3.02. The summed E-state index contributed by atoms with van der Waals surface area (Å²) in [6, 6.07) is 4.30. The fraction of sp³-hybridized carbons (Fsp3) is 0.385. The van der Waals surface area contributed by atoms with Crippen molar-refractivity contribution in [2.24, 2.45) is 7.05 Å². The van der Waals surface area contributed by atoms with Crippen LogP contribution in [0.4, 0.5) is 0 Å². The molecule has 0 unspecified atom stereocenters. The molecule has 0 aliphatic heterocycles. The van der Waals surface area contributed by atoms with Gasteiger partial charge in [-0.05, 0) is 41.4 Å². The van der Waals surface area contributed by atoms with Crippen molar-refractivity contribution >= 4 is 15.9 Å². The zero-order valence-corrected chi connectivity index (χ0v) is 12.4. The van der Waals surface area contributed by atoms with Gasteiger partial charge in [-0.3, -0.25) is 9.67 Å². The van der Waals surface area contributed by atoms with E-state index in [0.717, 1.165) is 22.4 Å². The lowest BCUT2D eigenvalue weighted by Crippen LogP contribution is -2.20. The van der Waals surface area contributed by atoms with E-state index in [1.54, 1.807) is 6.20 Å². The van der Waals surface area contributed by atoms with Crippen LogP contribution in [0.25, 0.3) is 0 Å². The number of aromatic nitrogens is 3. The molecule has 0 fully saturated rings.